The van der Waals surface area contributed by atoms with Gasteiger partial charge in [-0.25, -0.2) is 8.42 Å². The molecule has 2 aromatic rings. The molecule has 0 saturated carbocycles. The lowest BCUT2D eigenvalue weighted by Crippen LogP contribution is -2.27. The molecule has 0 fully saturated rings. The molecule has 0 spiro atoms. The van der Waals surface area contributed by atoms with Crippen LogP contribution in [0.15, 0.2) is 47.4 Å². The Hall–Kier alpha value is -2.74. The highest BCUT2D eigenvalue weighted by atomic mass is 32.2. The molecule has 26 heavy (non-hydrogen) atoms. The SMILES string of the molecule is CCOc1ccccc1S(=O)(=O)Nc1ccc2c(c1)C(=O)N(C)CCO2. The average Bonchev–Trinajstić information content (AvgIpc) is 2.75. The van der Waals surface area contributed by atoms with Gasteiger partial charge >= 0.3 is 0 Å². The third kappa shape index (κ3) is 3.60. The van der Waals surface area contributed by atoms with Gasteiger partial charge in [0.15, 0.2) is 0 Å². The summed E-state index contributed by atoms with van der Waals surface area (Å²) in [5.74, 6) is 0.502. The highest BCUT2D eigenvalue weighted by molar-refractivity contribution is 7.92. The number of hydrogen-bond acceptors (Lipinski definition) is 5. The third-order valence-corrected chi connectivity index (χ3v) is 5.35. The zero-order valence-electron chi connectivity index (χ0n) is 14.6. The van der Waals surface area contributed by atoms with Crippen molar-refractivity contribution in [3.05, 3.63) is 48.0 Å². The van der Waals surface area contributed by atoms with Gasteiger partial charge < -0.3 is 14.4 Å². The molecule has 2 aromatic carbocycles. The van der Waals surface area contributed by atoms with Crippen LogP contribution in [0.25, 0.3) is 0 Å². The first-order valence-electron chi connectivity index (χ1n) is 8.19. The lowest BCUT2D eigenvalue weighted by molar-refractivity contribution is 0.0796. The van der Waals surface area contributed by atoms with Gasteiger partial charge in [-0.2, -0.15) is 0 Å². The molecule has 0 aromatic heterocycles. The van der Waals surface area contributed by atoms with Gasteiger partial charge in [-0.15, -0.1) is 0 Å². The summed E-state index contributed by atoms with van der Waals surface area (Å²) in [4.78, 5) is 14.0. The van der Waals surface area contributed by atoms with E-state index in [4.69, 9.17) is 9.47 Å². The fourth-order valence-electron chi connectivity index (χ4n) is 2.64. The Morgan fingerprint density at radius 2 is 2.00 bits per heavy atom. The summed E-state index contributed by atoms with van der Waals surface area (Å²) in [6.07, 6.45) is 0. The normalized spacial score (nSPS) is 14.2. The number of amides is 1. The Kier molecular flexibility index (Phi) is 5.03. The van der Waals surface area contributed by atoms with E-state index >= 15 is 0 Å². The van der Waals surface area contributed by atoms with Gasteiger partial charge in [0, 0.05) is 12.7 Å². The molecule has 0 unspecified atom stereocenters. The van der Waals surface area contributed by atoms with Crippen molar-refractivity contribution in [1.82, 2.24) is 4.90 Å². The van der Waals surface area contributed by atoms with E-state index in [-0.39, 0.29) is 22.2 Å². The quantitative estimate of drug-likeness (QED) is 0.866. The van der Waals surface area contributed by atoms with Crippen LogP contribution in [0.2, 0.25) is 0 Å². The number of anilines is 1. The number of nitrogens with one attached hydrogen (secondary N) is 1. The van der Waals surface area contributed by atoms with Crippen LogP contribution in [-0.2, 0) is 10.0 Å². The molecule has 7 nitrogen and oxygen atoms in total. The Morgan fingerprint density at radius 3 is 2.77 bits per heavy atom. The number of carbonyl (C=O) groups excluding carboxylic acids is 1. The number of hydrogen-bond donors (Lipinski definition) is 1. The smallest absolute Gasteiger partial charge is 0.265 e. The van der Waals surface area contributed by atoms with Crippen LogP contribution in [-0.4, -0.2) is 46.0 Å². The van der Waals surface area contributed by atoms with Gasteiger partial charge in [0.25, 0.3) is 15.9 Å². The molecule has 3 rings (SSSR count). The molecular formula is C18H20N2O5S. The number of likely N-dealkylation sites (N-methyl/N-ethyl adjacent to an activating group) is 1. The van der Waals surface area contributed by atoms with Gasteiger partial charge in [0.2, 0.25) is 0 Å². The van der Waals surface area contributed by atoms with E-state index in [0.29, 0.717) is 31.1 Å². The fourth-order valence-corrected chi connectivity index (χ4v) is 3.84. The molecule has 1 aliphatic rings. The molecule has 0 bridgehead atoms. The largest absolute Gasteiger partial charge is 0.492 e. The molecule has 0 radical (unpaired) electrons. The molecule has 0 atom stereocenters. The monoisotopic (exact) mass is 376 g/mol. The second-order valence-corrected chi connectivity index (χ2v) is 7.42. The van der Waals surface area contributed by atoms with Crippen LogP contribution in [0, 0.1) is 0 Å². The second-order valence-electron chi connectivity index (χ2n) is 5.77. The van der Waals surface area contributed by atoms with Crippen LogP contribution in [0.5, 0.6) is 11.5 Å². The van der Waals surface area contributed by atoms with E-state index in [2.05, 4.69) is 4.72 Å². The molecule has 138 valence electrons. The molecule has 1 N–H and O–H groups in total. The van der Waals surface area contributed by atoms with Gasteiger partial charge in [-0.3, -0.25) is 9.52 Å². The second kappa shape index (κ2) is 7.25. The molecule has 0 aliphatic carbocycles. The number of sulfonamides is 1. The van der Waals surface area contributed by atoms with Gasteiger partial charge in [-0.1, -0.05) is 12.1 Å². The average molecular weight is 376 g/mol. The maximum absolute atomic E-state index is 12.8. The minimum atomic E-state index is -3.87. The van der Waals surface area contributed by atoms with E-state index in [1.54, 1.807) is 44.3 Å². The molecule has 1 aliphatic heterocycles. The summed E-state index contributed by atoms with van der Waals surface area (Å²) >= 11 is 0. The zero-order chi connectivity index (χ0) is 18.7. The summed E-state index contributed by atoms with van der Waals surface area (Å²) in [5, 5.41) is 0. The van der Waals surface area contributed by atoms with Crippen molar-refractivity contribution in [3.8, 4) is 11.5 Å². The summed E-state index contributed by atoms with van der Waals surface area (Å²) in [5.41, 5.74) is 0.602. The van der Waals surface area contributed by atoms with Crippen molar-refractivity contribution in [3.63, 3.8) is 0 Å². The molecular weight excluding hydrogens is 356 g/mol. The number of para-hydroxylation sites is 1. The van der Waals surface area contributed by atoms with E-state index in [9.17, 15) is 13.2 Å². The topological polar surface area (TPSA) is 84.9 Å². The number of ether oxygens (including phenoxy) is 2. The van der Waals surface area contributed by atoms with Crippen LogP contribution in [0.1, 0.15) is 17.3 Å². The number of fused-ring (bicyclic) bond motifs is 1. The van der Waals surface area contributed by atoms with E-state index in [0.717, 1.165) is 0 Å². The number of benzene rings is 2. The maximum atomic E-state index is 12.8. The molecule has 0 saturated heterocycles. The predicted octanol–water partition coefficient (Wildman–Crippen LogP) is 2.35. The fraction of sp³-hybridized carbons (Fsp3) is 0.278. The standard InChI is InChI=1S/C18H20N2O5S/c1-3-24-16-6-4-5-7-17(16)26(22,23)19-13-8-9-15-14(12-13)18(21)20(2)10-11-25-15/h4-9,12,19H,3,10-11H2,1-2H3. The van der Waals surface area contributed by atoms with Crippen LogP contribution in [0.4, 0.5) is 5.69 Å². The third-order valence-electron chi connectivity index (χ3n) is 3.93. The van der Waals surface area contributed by atoms with E-state index in [1.165, 1.54) is 17.0 Å². The lowest BCUT2D eigenvalue weighted by atomic mass is 10.1. The number of nitrogens with zero attached hydrogens (tertiary/aromatic N) is 1. The summed E-state index contributed by atoms with van der Waals surface area (Å²) in [6.45, 7) is 2.99. The van der Waals surface area contributed by atoms with Crippen molar-refractivity contribution in [1.29, 1.82) is 0 Å². The van der Waals surface area contributed by atoms with Crippen molar-refractivity contribution in [2.75, 3.05) is 31.5 Å². The minimum Gasteiger partial charge on any atom is -0.492 e. The number of rotatable bonds is 5. The van der Waals surface area contributed by atoms with Gasteiger partial charge in [0.05, 0.1) is 18.7 Å². The highest BCUT2D eigenvalue weighted by Crippen LogP contribution is 2.29. The molecule has 1 heterocycles. The predicted molar refractivity (Wildman–Crippen MR) is 97.3 cm³/mol. The van der Waals surface area contributed by atoms with Crippen molar-refractivity contribution < 1.29 is 22.7 Å². The van der Waals surface area contributed by atoms with Crippen molar-refractivity contribution in [2.24, 2.45) is 0 Å². The number of carbonyl (C=O) groups is 1. The Morgan fingerprint density at radius 1 is 1.23 bits per heavy atom. The Bertz CT molecular complexity index is 927. The summed E-state index contributed by atoms with van der Waals surface area (Å²) in [6, 6.07) is 11.1. The first-order chi connectivity index (χ1) is 12.4. The zero-order valence-corrected chi connectivity index (χ0v) is 15.4. The highest BCUT2D eigenvalue weighted by Gasteiger charge is 2.24. The molecule has 8 heteroatoms. The molecule has 1 amide bonds. The first kappa shape index (κ1) is 18.1. The lowest BCUT2D eigenvalue weighted by Gasteiger charge is -2.15. The van der Waals surface area contributed by atoms with Crippen LogP contribution >= 0.6 is 0 Å². The van der Waals surface area contributed by atoms with Crippen molar-refractivity contribution >= 4 is 21.6 Å². The van der Waals surface area contributed by atoms with E-state index < -0.39 is 10.0 Å². The van der Waals surface area contributed by atoms with Crippen LogP contribution < -0.4 is 14.2 Å². The summed E-state index contributed by atoms with van der Waals surface area (Å²) in [7, 11) is -2.20. The van der Waals surface area contributed by atoms with Gasteiger partial charge in [0.1, 0.15) is 23.0 Å². The summed E-state index contributed by atoms with van der Waals surface area (Å²) < 4.78 is 39.0. The minimum absolute atomic E-state index is 0.0384. The first-order valence-corrected chi connectivity index (χ1v) is 9.67. The van der Waals surface area contributed by atoms with Gasteiger partial charge in [-0.05, 0) is 37.3 Å². The Labute approximate surface area is 152 Å². The van der Waals surface area contributed by atoms with Crippen molar-refractivity contribution in [2.45, 2.75) is 11.8 Å². The van der Waals surface area contributed by atoms with E-state index in [1.807, 2.05) is 0 Å². The Balaban J connectivity index is 1.94. The maximum Gasteiger partial charge on any atom is 0.265 e. The van der Waals surface area contributed by atoms with Crippen LogP contribution in [0.3, 0.4) is 0 Å².